The quantitative estimate of drug-likeness (QED) is 0.111. The summed E-state index contributed by atoms with van der Waals surface area (Å²) < 4.78 is 14.5. The zero-order chi connectivity index (χ0) is 34.5. The van der Waals surface area contributed by atoms with Crippen molar-refractivity contribution in [1.82, 2.24) is 5.32 Å². The smallest absolute Gasteiger partial charge is 0.272 e. The van der Waals surface area contributed by atoms with Crippen molar-refractivity contribution in [2.24, 2.45) is 0 Å². The zero-order valence-corrected chi connectivity index (χ0v) is 26.8. The Morgan fingerprint density at radius 1 is 0.714 bits per heavy atom. The summed E-state index contributed by atoms with van der Waals surface area (Å²) in [5.74, 6) is -2.82. The van der Waals surface area contributed by atoms with Gasteiger partial charge in [-0.2, -0.15) is 0 Å². The van der Waals surface area contributed by atoms with E-state index < -0.39 is 28.8 Å². The summed E-state index contributed by atoms with van der Waals surface area (Å²) in [4.78, 5) is 66.8. The van der Waals surface area contributed by atoms with Gasteiger partial charge in [0.05, 0.1) is 16.5 Å². The number of ketones is 2. The molecule has 0 saturated heterocycles. The molecule has 6 rings (SSSR count). The average molecular weight is 670 g/mol. The van der Waals surface area contributed by atoms with E-state index in [-0.39, 0.29) is 45.2 Å². The van der Waals surface area contributed by atoms with Gasteiger partial charge in [0.25, 0.3) is 11.8 Å². The Labute approximate surface area is 285 Å². The second-order valence-electron chi connectivity index (χ2n) is 11.1. The summed E-state index contributed by atoms with van der Waals surface area (Å²) in [5, 5.41) is 7.50. The number of thioether (sulfide) groups is 1. The number of nitrogens with one attached hydrogen (secondary N) is 3. The third-order valence-corrected chi connectivity index (χ3v) is 8.81. The number of carbonyl (C=O) groups is 5. The van der Waals surface area contributed by atoms with Gasteiger partial charge in [0.2, 0.25) is 5.91 Å². The number of hydrogen-bond acceptors (Lipinski definition) is 6. The fraction of sp³-hybridized carbons (Fsp3) is 0.0513. The summed E-state index contributed by atoms with van der Waals surface area (Å²) in [5.41, 5.74) is 1.87. The van der Waals surface area contributed by atoms with Crippen LogP contribution in [0.25, 0.3) is 6.08 Å². The van der Waals surface area contributed by atoms with E-state index in [0.717, 1.165) is 0 Å². The van der Waals surface area contributed by atoms with Gasteiger partial charge in [-0.05, 0) is 55.5 Å². The van der Waals surface area contributed by atoms with Crippen LogP contribution in [0.5, 0.6) is 0 Å². The number of rotatable bonds is 9. The van der Waals surface area contributed by atoms with Crippen molar-refractivity contribution in [2.45, 2.75) is 17.1 Å². The Balaban J connectivity index is 1.17. The summed E-state index contributed by atoms with van der Waals surface area (Å²) in [6.07, 6.45) is 1.26. The van der Waals surface area contributed by atoms with E-state index in [2.05, 4.69) is 16.0 Å². The molecule has 10 heteroatoms. The maximum absolute atomic E-state index is 14.5. The zero-order valence-electron chi connectivity index (χ0n) is 26.0. The van der Waals surface area contributed by atoms with Crippen molar-refractivity contribution in [2.75, 3.05) is 10.6 Å². The third-order valence-electron chi connectivity index (χ3n) is 7.72. The summed E-state index contributed by atoms with van der Waals surface area (Å²) in [6, 6.07) is 32.3. The van der Waals surface area contributed by atoms with Crippen LogP contribution in [0.4, 0.5) is 15.8 Å². The third kappa shape index (κ3) is 7.24. The van der Waals surface area contributed by atoms with Gasteiger partial charge in [0.15, 0.2) is 11.6 Å². The number of anilines is 2. The monoisotopic (exact) mass is 669 g/mol. The number of carbonyl (C=O) groups excluding carboxylic acids is 5. The first-order chi connectivity index (χ1) is 23.7. The highest BCUT2D eigenvalue weighted by Crippen LogP contribution is 2.33. The first-order valence-electron chi connectivity index (χ1n) is 15.2. The van der Waals surface area contributed by atoms with Gasteiger partial charge in [-0.25, -0.2) is 4.39 Å². The van der Waals surface area contributed by atoms with E-state index in [1.54, 1.807) is 110 Å². The van der Waals surface area contributed by atoms with Crippen LogP contribution in [0.15, 0.2) is 132 Å². The second kappa shape index (κ2) is 14.3. The molecule has 0 fully saturated rings. The lowest BCUT2D eigenvalue weighted by molar-refractivity contribution is -0.115. The van der Waals surface area contributed by atoms with Crippen LogP contribution < -0.4 is 16.0 Å². The number of benzene rings is 5. The maximum Gasteiger partial charge on any atom is 0.272 e. The average Bonchev–Trinajstić information content (AvgIpc) is 3.11. The molecule has 0 bridgehead atoms. The first-order valence-corrected chi connectivity index (χ1v) is 16.1. The molecule has 3 N–H and O–H groups in total. The van der Waals surface area contributed by atoms with E-state index in [4.69, 9.17) is 0 Å². The lowest BCUT2D eigenvalue weighted by Gasteiger charge is -2.21. The van der Waals surface area contributed by atoms with Crippen LogP contribution in [0, 0.1) is 5.82 Å². The van der Waals surface area contributed by atoms with E-state index in [0.29, 0.717) is 21.7 Å². The molecule has 0 aliphatic heterocycles. The minimum Gasteiger partial charge on any atom is -0.324 e. The predicted octanol–water partition coefficient (Wildman–Crippen LogP) is 7.13. The molecule has 1 aliphatic rings. The SMILES string of the molecule is CC(Sc1cccc(NC(=O)/C(=C\c2ccccc2F)NC(=O)c2ccccc2)c1)C(=O)Nc1cccc2c1C(=O)c1ccccc1C2=O. The van der Waals surface area contributed by atoms with E-state index in [1.807, 2.05) is 0 Å². The summed E-state index contributed by atoms with van der Waals surface area (Å²) in [6.45, 7) is 1.69. The Morgan fingerprint density at radius 2 is 1.37 bits per heavy atom. The minimum atomic E-state index is -0.685. The molecule has 0 spiro atoms. The van der Waals surface area contributed by atoms with Crippen LogP contribution in [-0.2, 0) is 9.59 Å². The normalized spacial score (nSPS) is 12.7. The molecular weight excluding hydrogens is 642 g/mol. The molecule has 3 amide bonds. The molecule has 242 valence electrons. The van der Waals surface area contributed by atoms with Crippen LogP contribution in [-0.4, -0.2) is 34.5 Å². The van der Waals surface area contributed by atoms with Gasteiger partial charge in [-0.1, -0.05) is 78.9 Å². The molecule has 0 saturated carbocycles. The lowest BCUT2D eigenvalue weighted by atomic mass is 9.83. The largest absolute Gasteiger partial charge is 0.324 e. The number of halogens is 1. The van der Waals surface area contributed by atoms with E-state index >= 15 is 0 Å². The molecule has 1 atom stereocenters. The van der Waals surface area contributed by atoms with Crippen molar-refractivity contribution in [3.63, 3.8) is 0 Å². The first kappa shape index (κ1) is 32.8. The maximum atomic E-state index is 14.5. The van der Waals surface area contributed by atoms with Crippen molar-refractivity contribution in [1.29, 1.82) is 0 Å². The molecule has 0 radical (unpaired) electrons. The molecule has 1 unspecified atom stereocenters. The molecule has 0 aromatic heterocycles. The molecule has 0 heterocycles. The highest BCUT2D eigenvalue weighted by molar-refractivity contribution is 8.00. The minimum absolute atomic E-state index is 0.111. The van der Waals surface area contributed by atoms with Crippen molar-refractivity contribution in [3.8, 4) is 0 Å². The fourth-order valence-corrected chi connectivity index (χ4v) is 6.20. The Hall–Kier alpha value is -6.13. The highest BCUT2D eigenvalue weighted by Gasteiger charge is 2.32. The van der Waals surface area contributed by atoms with Gasteiger partial charge >= 0.3 is 0 Å². The standard InChI is InChI=1S/C39H28FN3O5S/c1-23(37(46)42-32-20-10-18-30-34(32)36(45)29-17-7-6-16-28(29)35(30)44)49-27-15-9-14-26(22-27)41-39(48)33(21-25-13-5-8-19-31(25)40)43-38(47)24-11-3-2-4-12-24/h2-23H,1H3,(H,41,48)(H,42,46)(H,43,47)/b33-21+. The topological polar surface area (TPSA) is 121 Å². The molecule has 49 heavy (non-hydrogen) atoms. The fourth-order valence-electron chi connectivity index (χ4n) is 5.28. The molecule has 8 nitrogen and oxygen atoms in total. The molecular formula is C39H28FN3O5S. The van der Waals surface area contributed by atoms with Gasteiger partial charge in [-0.3, -0.25) is 24.0 Å². The van der Waals surface area contributed by atoms with Crippen LogP contribution in [0.2, 0.25) is 0 Å². The Bertz CT molecular complexity index is 2170. The number of hydrogen-bond donors (Lipinski definition) is 3. The summed E-state index contributed by atoms with van der Waals surface area (Å²) >= 11 is 1.21. The number of fused-ring (bicyclic) bond motifs is 2. The Kier molecular flexibility index (Phi) is 9.59. The van der Waals surface area contributed by atoms with E-state index in [9.17, 15) is 28.4 Å². The van der Waals surface area contributed by atoms with Crippen LogP contribution >= 0.6 is 11.8 Å². The van der Waals surface area contributed by atoms with Gasteiger partial charge in [0, 0.05) is 38.4 Å². The summed E-state index contributed by atoms with van der Waals surface area (Å²) in [7, 11) is 0. The van der Waals surface area contributed by atoms with Gasteiger partial charge in [0.1, 0.15) is 11.5 Å². The molecule has 5 aromatic rings. The Morgan fingerprint density at radius 3 is 2.12 bits per heavy atom. The second-order valence-corrected chi connectivity index (χ2v) is 12.5. The molecule has 1 aliphatic carbocycles. The lowest BCUT2D eigenvalue weighted by Crippen LogP contribution is -2.30. The van der Waals surface area contributed by atoms with E-state index in [1.165, 1.54) is 36.0 Å². The van der Waals surface area contributed by atoms with Crippen molar-refractivity contribution in [3.05, 3.63) is 166 Å². The van der Waals surface area contributed by atoms with Crippen LogP contribution in [0.1, 0.15) is 54.7 Å². The predicted molar refractivity (Wildman–Crippen MR) is 187 cm³/mol. The van der Waals surface area contributed by atoms with Crippen molar-refractivity contribution < 1.29 is 28.4 Å². The van der Waals surface area contributed by atoms with Crippen LogP contribution in [0.3, 0.4) is 0 Å². The highest BCUT2D eigenvalue weighted by atomic mass is 32.2. The van der Waals surface area contributed by atoms with Crippen molar-refractivity contribution >= 4 is 58.5 Å². The van der Waals surface area contributed by atoms with Gasteiger partial charge < -0.3 is 16.0 Å². The number of amides is 3. The van der Waals surface area contributed by atoms with Gasteiger partial charge in [-0.15, -0.1) is 11.8 Å². The molecule has 5 aromatic carbocycles.